The molecule has 88 valence electrons. The zero-order chi connectivity index (χ0) is 12.4. The first-order valence-corrected chi connectivity index (χ1v) is 5.18. The Morgan fingerprint density at radius 1 is 1.59 bits per heavy atom. The van der Waals surface area contributed by atoms with Gasteiger partial charge in [-0.05, 0) is 22.0 Å². The molecule has 9 heteroatoms. The Hall–Kier alpha value is -2.03. The Morgan fingerprint density at radius 2 is 2.35 bits per heavy atom. The summed E-state index contributed by atoms with van der Waals surface area (Å²) in [6.07, 6.45) is 0.572. The van der Waals surface area contributed by atoms with Crippen LogP contribution in [0.3, 0.4) is 0 Å². The Bertz CT molecular complexity index is 576. The smallest absolute Gasteiger partial charge is 0.456 e. The molecule has 2 aromatic heterocycles. The standard InChI is InChI=1S/C8H5BrN4O4/c9-7-10-8(13(15)16)11-12(7)3-5-1-2-6(4-14)17-5/h1-2,4H,3H2. The van der Waals surface area contributed by atoms with Crippen molar-refractivity contribution in [3.05, 3.63) is 38.5 Å². The summed E-state index contributed by atoms with van der Waals surface area (Å²) in [5, 5.41) is 14.1. The Morgan fingerprint density at radius 3 is 2.88 bits per heavy atom. The number of carbonyl (C=O) groups is 1. The van der Waals surface area contributed by atoms with Gasteiger partial charge in [0.1, 0.15) is 12.3 Å². The summed E-state index contributed by atoms with van der Waals surface area (Å²) >= 11 is 3.04. The monoisotopic (exact) mass is 300 g/mol. The number of halogens is 1. The van der Waals surface area contributed by atoms with Crippen molar-refractivity contribution in [2.45, 2.75) is 6.54 Å². The molecular formula is C8H5BrN4O4. The van der Waals surface area contributed by atoms with Gasteiger partial charge in [0.15, 0.2) is 12.0 Å². The Kier molecular flexibility index (Phi) is 3.00. The molecule has 2 rings (SSSR count). The molecule has 0 spiro atoms. The lowest BCUT2D eigenvalue weighted by molar-refractivity contribution is -0.394. The Labute approximate surface area is 103 Å². The van der Waals surface area contributed by atoms with E-state index in [1.165, 1.54) is 10.7 Å². The fraction of sp³-hybridized carbons (Fsp3) is 0.125. The molecule has 0 fully saturated rings. The van der Waals surface area contributed by atoms with Crippen LogP contribution in [0.15, 0.2) is 21.3 Å². The summed E-state index contributed by atoms with van der Waals surface area (Å²) in [6, 6.07) is 3.09. The van der Waals surface area contributed by atoms with Gasteiger partial charge in [0, 0.05) is 21.0 Å². The summed E-state index contributed by atoms with van der Waals surface area (Å²) in [4.78, 5) is 23.7. The summed E-state index contributed by atoms with van der Waals surface area (Å²) < 4.78 is 6.59. The van der Waals surface area contributed by atoms with E-state index in [1.807, 2.05) is 0 Å². The minimum absolute atomic E-state index is 0.148. The summed E-state index contributed by atoms with van der Waals surface area (Å²) in [5.74, 6) is 0.136. The molecule has 0 aromatic carbocycles. The van der Waals surface area contributed by atoms with Gasteiger partial charge in [-0.1, -0.05) is 0 Å². The van der Waals surface area contributed by atoms with Crippen LogP contribution in [0.5, 0.6) is 0 Å². The highest BCUT2D eigenvalue weighted by Crippen LogP contribution is 2.15. The van der Waals surface area contributed by atoms with Crippen molar-refractivity contribution in [1.29, 1.82) is 0 Å². The van der Waals surface area contributed by atoms with Gasteiger partial charge < -0.3 is 14.5 Å². The fourth-order valence-electron chi connectivity index (χ4n) is 1.18. The lowest BCUT2D eigenvalue weighted by Crippen LogP contribution is -2.01. The molecule has 0 bridgehead atoms. The van der Waals surface area contributed by atoms with E-state index < -0.39 is 10.9 Å². The molecule has 0 unspecified atom stereocenters. The zero-order valence-electron chi connectivity index (χ0n) is 8.24. The van der Waals surface area contributed by atoms with Crippen LogP contribution >= 0.6 is 15.9 Å². The van der Waals surface area contributed by atoms with Gasteiger partial charge >= 0.3 is 5.95 Å². The number of hydrogen-bond acceptors (Lipinski definition) is 6. The highest BCUT2D eigenvalue weighted by atomic mass is 79.9. The molecular weight excluding hydrogens is 296 g/mol. The van der Waals surface area contributed by atoms with Crippen molar-refractivity contribution in [1.82, 2.24) is 14.8 Å². The average molecular weight is 301 g/mol. The lowest BCUT2D eigenvalue weighted by Gasteiger charge is -1.93. The first-order valence-electron chi connectivity index (χ1n) is 4.39. The van der Waals surface area contributed by atoms with Crippen LogP contribution in [0.25, 0.3) is 0 Å². The maximum absolute atomic E-state index is 10.4. The minimum Gasteiger partial charge on any atom is -0.456 e. The highest BCUT2D eigenvalue weighted by molar-refractivity contribution is 9.10. The average Bonchev–Trinajstić information content (AvgIpc) is 2.87. The second-order valence-electron chi connectivity index (χ2n) is 3.02. The van der Waals surface area contributed by atoms with Crippen LogP contribution in [-0.2, 0) is 6.54 Å². The SMILES string of the molecule is O=Cc1ccc(Cn2nc([N+](=O)[O-])nc2Br)o1. The van der Waals surface area contributed by atoms with Crippen LogP contribution in [0, 0.1) is 10.1 Å². The molecule has 0 aliphatic rings. The Balaban J connectivity index is 2.23. The van der Waals surface area contributed by atoms with Gasteiger partial charge in [0.2, 0.25) is 0 Å². The quantitative estimate of drug-likeness (QED) is 0.480. The third-order valence-corrected chi connectivity index (χ3v) is 2.47. The topological polar surface area (TPSA) is 104 Å². The van der Waals surface area contributed by atoms with Gasteiger partial charge in [0.25, 0.3) is 4.73 Å². The number of aromatic nitrogens is 3. The van der Waals surface area contributed by atoms with E-state index in [1.54, 1.807) is 6.07 Å². The van der Waals surface area contributed by atoms with Crippen molar-refractivity contribution in [3.63, 3.8) is 0 Å². The van der Waals surface area contributed by atoms with Crippen LogP contribution in [0.1, 0.15) is 16.3 Å². The van der Waals surface area contributed by atoms with E-state index in [-0.39, 0.29) is 17.0 Å². The number of furan rings is 1. The van der Waals surface area contributed by atoms with E-state index in [2.05, 4.69) is 26.0 Å². The number of aldehydes is 1. The van der Waals surface area contributed by atoms with Crippen LogP contribution in [-0.4, -0.2) is 26.0 Å². The van der Waals surface area contributed by atoms with E-state index in [9.17, 15) is 14.9 Å². The van der Waals surface area contributed by atoms with E-state index in [4.69, 9.17) is 4.42 Å². The number of nitrogens with zero attached hydrogens (tertiary/aromatic N) is 4. The first kappa shape index (κ1) is 11.5. The van der Waals surface area contributed by atoms with Crippen LogP contribution in [0.2, 0.25) is 0 Å². The minimum atomic E-state index is -0.694. The van der Waals surface area contributed by atoms with Gasteiger partial charge in [-0.2, -0.15) is 4.68 Å². The number of nitro groups is 1. The predicted octanol–water partition coefficient (Wildman–Crippen LogP) is 1.40. The van der Waals surface area contributed by atoms with Crippen LogP contribution in [0.4, 0.5) is 5.95 Å². The third-order valence-electron chi connectivity index (χ3n) is 1.88. The summed E-state index contributed by atoms with van der Waals surface area (Å²) in [6.45, 7) is 0.148. The van der Waals surface area contributed by atoms with Crippen molar-refractivity contribution in [2.24, 2.45) is 0 Å². The number of rotatable bonds is 4. The molecule has 0 saturated heterocycles. The first-order chi connectivity index (χ1) is 8.10. The molecule has 0 atom stereocenters. The summed E-state index contributed by atoms with van der Waals surface area (Å²) in [5.41, 5.74) is 0. The van der Waals surface area contributed by atoms with Gasteiger partial charge in [-0.25, -0.2) is 0 Å². The molecule has 0 radical (unpaired) electrons. The maximum atomic E-state index is 10.4. The maximum Gasteiger partial charge on any atom is 0.492 e. The molecule has 0 N–H and O–H groups in total. The zero-order valence-corrected chi connectivity index (χ0v) is 9.82. The molecule has 2 aromatic rings. The number of carbonyl (C=O) groups excluding carboxylic acids is 1. The van der Waals surface area contributed by atoms with Crippen molar-refractivity contribution < 1.29 is 14.1 Å². The number of hydrogen-bond donors (Lipinski definition) is 0. The van der Waals surface area contributed by atoms with E-state index >= 15 is 0 Å². The van der Waals surface area contributed by atoms with Crippen molar-refractivity contribution in [3.8, 4) is 0 Å². The lowest BCUT2D eigenvalue weighted by atomic mass is 10.4. The molecule has 0 amide bonds. The molecule has 8 nitrogen and oxygen atoms in total. The summed E-state index contributed by atoms with van der Waals surface area (Å²) in [7, 11) is 0. The van der Waals surface area contributed by atoms with Crippen molar-refractivity contribution in [2.75, 3.05) is 0 Å². The third kappa shape index (κ3) is 2.38. The molecule has 17 heavy (non-hydrogen) atoms. The molecule has 2 heterocycles. The second-order valence-corrected chi connectivity index (χ2v) is 3.73. The molecule has 0 aliphatic heterocycles. The molecule has 0 aliphatic carbocycles. The van der Waals surface area contributed by atoms with Gasteiger partial charge in [0.05, 0.1) is 0 Å². The largest absolute Gasteiger partial charge is 0.492 e. The van der Waals surface area contributed by atoms with E-state index in [0.717, 1.165) is 0 Å². The van der Waals surface area contributed by atoms with Gasteiger partial charge in [-0.3, -0.25) is 4.79 Å². The fourth-order valence-corrected chi connectivity index (χ4v) is 1.54. The van der Waals surface area contributed by atoms with E-state index in [0.29, 0.717) is 12.0 Å². The van der Waals surface area contributed by atoms with Crippen molar-refractivity contribution >= 4 is 28.2 Å². The van der Waals surface area contributed by atoms with Crippen LogP contribution < -0.4 is 0 Å². The normalized spacial score (nSPS) is 10.4. The van der Waals surface area contributed by atoms with Gasteiger partial charge in [-0.15, -0.1) is 0 Å². The molecule has 0 saturated carbocycles. The predicted molar refractivity (Wildman–Crippen MR) is 57.6 cm³/mol. The highest BCUT2D eigenvalue weighted by Gasteiger charge is 2.20. The second kappa shape index (κ2) is 4.45.